The summed E-state index contributed by atoms with van der Waals surface area (Å²) >= 11 is 0. The monoisotopic (exact) mass is 281 g/mol. The molecule has 20 heavy (non-hydrogen) atoms. The maximum absolute atomic E-state index is 6.54. The fourth-order valence-corrected chi connectivity index (χ4v) is 2.92. The van der Waals surface area contributed by atoms with Crippen LogP contribution < -0.4 is 5.73 Å². The van der Waals surface area contributed by atoms with Crippen molar-refractivity contribution in [2.45, 2.75) is 51.7 Å². The summed E-state index contributed by atoms with van der Waals surface area (Å²) in [6.07, 6.45) is 3.40. The van der Waals surface area contributed by atoms with Crippen LogP contribution in [-0.4, -0.2) is 57.5 Å². The first-order valence-corrected chi connectivity index (χ1v) is 7.56. The minimum atomic E-state index is -0.0195. The third-order valence-corrected chi connectivity index (χ3v) is 4.65. The van der Waals surface area contributed by atoms with Crippen molar-refractivity contribution in [2.24, 2.45) is 5.73 Å². The molecule has 2 heterocycles. The lowest BCUT2D eigenvalue weighted by atomic mass is 9.85. The molecular formula is C14H27N5O. The van der Waals surface area contributed by atoms with E-state index in [1.807, 2.05) is 4.68 Å². The summed E-state index contributed by atoms with van der Waals surface area (Å²) in [4.78, 5) is 6.81. The first-order chi connectivity index (χ1) is 9.61. The highest BCUT2D eigenvalue weighted by molar-refractivity contribution is 5.01. The van der Waals surface area contributed by atoms with E-state index in [1.54, 1.807) is 6.33 Å². The van der Waals surface area contributed by atoms with E-state index in [-0.39, 0.29) is 11.6 Å². The van der Waals surface area contributed by atoms with E-state index in [2.05, 4.69) is 35.8 Å². The van der Waals surface area contributed by atoms with Crippen LogP contribution in [0.15, 0.2) is 6.33 Å². The second kappa shape index (κ2) is 6.65. The topological polar surface area (TPSA) is 69.2 Å². The molecule has 1 aromatic rings. The van der Waals surface area contributed by atoms with Gasteiger partial charge in [-0.3, -0.25) is 9.58 Å². The summed E-state index contributed by atoms with van der Waals surface area (Å²) in [6.45, 7) is 10.9. The van der Waals surface area contributed by atoms with Crippen LogP contribution in [0.5, 0.6) is 0 Å². The minimum Gasteiger partial charge on any atom is -0.379 e. The van der Waals surface area contributed by atoms with Gasteiger partial charge in [0.15, 0.2) is 0 Å². The van der Waals surface area contributed by atoms with Crippen molar-refractivity contribution in [3.8, 4) is 0 Å². The van der Waals surface area contributed by atoms with E-state index in [0.29, 0.717) is 0 Å². The van der Waals surface area contributed by atoms with E-state index in [4.69, 9.17) is 10.5 Å². The van der Waals surface area contributed by atoms with Gasteiger partial charge in [0, 0.05) is 37.6 Å². The molecule has 2 N–H and O–H groups in total. The number of rotatable bonds is 6. The number of morpholine rings is 1. The van der Waals surface area contributed by atoms with Gasteiger partial charge in [0.1, 0.15) is 12.2 Å². The SMILES string of the molecule is CCn1ncnc1CC(N)C(C)(CC)N1CCOCC1. The highest BCUT2D eigenvalue weighted by Crippen LogP contribution is 2.25. The van der Waals surface area contributed by atoms with E-state index in [9.17, 15) is 0 Å². The first-order valence-electron chi connectivity index (χ1n) is 7.56. The van der Waals surface area contributed by atoms with Crippen LogP contribution in [-0.2, 0) is 17.7 Å². The van der Waals surface area contributed by atoms with Crippen molar-refractivity contribution in [2.75, 3.05) is 26.3 Å². The molecule has 0 aliphatic carbocycles. The number of hydrogen-bond donors (Lipinski definition) is 1. The Morgan fingerprint density at radius 3 is 2.70 bits per heavy atom. The maximum Gasteiger partial charge on any atom is 0.138 e. The molecule has 0 bridgehead atoms. The molecule has 0 spiro atoms. The zero-order valence-corrected chi connectivity index (χ0v) is 12.9. The third-order valence-electron chi connectivity index (χ3n) is 4.65. The van der Waals surface area contributed by atoms with Gasteiger partial charge in [-0.25, -0.2) is 4.98 Å². The maximum atomic E-state index is 6.54. The lowest BCUT2D eigenvalue weighted by Crippen LogP contribution is -2.61. The smallest absolute Gasteiger partial charge is 0.138 e. The normalized spacial score (nSPS) is 21.6. The van der Waals surface area contributed by atoms with Crippen LogP contribution in [0.1, 0.15) is 33.0 Å². The standard InChI is InChI=1S/C14H27N5O/c1-4-14(3,18-6-8-20-9-7-18)12(15)10-13-16-11-17-19(13)5-2/h11-12H,4-10,15H2,1-3H3. The van der Waals surface area contributed by atoms with Crippen LogP contribution in [0.25, 0.3) is 0 Å². The molecule has 0 saturated carbocycles. The van der Waals surface area contributed by atoms with Gasteiger partial charge in [0.2, 0.25) is 0 Å². The fourth-order valence-electron chi connectivity index (χ4n) is 2.92. The Morgan fingerprint density at radius 1 is 1.40 bits per heavy atom. The molecule has 1 saturated heterocycles. The number of nitrogens with two attached hydrogens (primary N) is 1. The van der Waals surface area contributed by atoms with Gasteiger partial charge in [-0.1, -0.05) is 6.92 Å². The summed E-state index contributed by atoms with van der Waals surface area (Å²) < 4.78 is 7.38. The van der Waals surface area contributed by atoms with E-state index in [0.717, 1.165) is 51.5 Å². The molecule has 2 unspecified atom stereocenters. The number of aromatic nitrogens is 3. The summed E-state index contributed by atoms with van der Waals surface area (Å²) in [7, 11) is 0. The molecular weight excluding hydrogens is 254 g/mol. The summed E-state index contributed by atoms with van der Waals surface area (Å²) in [5, 5.41) is 4.22. The Balaban J connectivity index is 2.09. The van der Waals surface area contributed by atoms with Gasteiger partial charge < -0.3 is 10.5 Å². The minimum absolute atomic E-state index is 0.0195. The number of ether oxygens (including phenoxy) is 1. The highest BCUT2D eigenvalue weighted by atomic mass is 16.5. The average Bonchev–Trinajstić information content (AvgIpc) is 2.94. The molecule has 1 aromatic heterocycles. The summed E-state index contributed by atoms with van der Waals surface area (Å²) in [6, 6.07) is 0.0418. The predicted octanol–water partition coefficient (Wildman–Crippen LogP) is 0.669. The number of nitrogens with zero attached hydrogens (tertiary/aromatic N) is 4. The summed E-state index contributed by atoms with van der Waals surface area (Å²) in [5.74, 6) is 0.980. The van der Waals surface area contributed by atoms with Crippen molar-refractivity contribution in [1.82, 2.24) is 19.7 Å². The van der Waals surface area contributed by atoms with Crippen molar-refractivity contribution in [1.29, 1.82) is 0 Å². The van der Waals surface area contributed by atoms with Gasteiger partial charge in [-0.05, 0) is 20.3 Å². The average molecular weight is 281 g/mol. The van der Waals surface area contributed by atoms with Gasteiger partial charge in [-0.2, -0.15) is 5.10 Å². The molecule has 0 radical (unpaired) electrons. The van der Waals surface area contributed by atoms with Crippen LogP contribution in [0, 0.1) is 0 Å². The van der Waals surface area contributed by atoms with Gasteiger partial charge >= 0.3 is 0 Å². The number of hydrogen-bond acceptors (Lipinski definition) is 5. The highest BCUT2D eigenvalue weighted by Gasteiger charge is 2.37. The Bertz CT molecular complexity index is 415. The zero-order chi connectivity index (χ0) is 14.6. The van der Waals surface area contributed by atoms with Crippen LogP contribution >= 0.6 is 0 Å². The van der Waals surface area contributed by atoms with Gasteiger partial charge in [0.25, 0.3) is 0 Å². The lowest BCUT2D eigenvalue weighted by molar-refractivity contribution is -0.0275. The predicted molar refractivity (Wildman–Crippen MR) is 78.5 cm³/mol. The molecule has 1 aliphatic rings. The molecule has 0 aromatic carbocycles. The second-order valence-corrected chi connectivity index (χ2v) is 5.61. The fraction of sp³-hybridized carbons (Fsp3) is 0.857. The Labute approximate surface area is 121 Å². The first kappa shape index (κ1) is 15.4. The van der Waals surface area contributed by atoms with Crippen LogP contribution in [0.3, 0.4) is 0 Å². The van der Waals surface area contributed by atoms with Gasteiger partial charge in [0.05, 0.1) is 13.2 Å². The molecule has 114 valence electrons. The van der Waals surface area contributed by atoms with E-state index < -0.39 is 0 Å². The van der Waals surface area contributed by atoms with Gasteiger partial charge in [-0.15, -0.1) is 0 Å². The third kappa shape index (κ3) is 3.02. The quantitative estimate of drug-likeness (QED) is 0.830. The largest absolute Gasteiger partial charge is 0.379 e. The second-order valence-electron chi connectivity index (χ2n) is 5.61. The van der Waals surface area contributed by atoms with Crippen LogP contribution in [0.4, 0.5) is 0 Å². The molecule has 6 nitrogen and oxygen atoms in total. The molecule has 6 heteroatoms. The molecule has 2 rings (SSSR count). The Morgan fingerprint density at radius 2 is 2.10 bits per heavy atom. The van der Waals surface area contributed by atoms with Crippen molar-refractivity contribution in [3.05, 3.63) is 12.2 Å². The number of aryl methyl sites for hydroxylation is 1. The molecule has 1 aliphatic heterocycles. The van der Waals surface area contributed by atoms with Crippen molar-refractivity contribution < 1.29 is 4.74 Å². The zero-order valence-electron chi connectivity index (χ0n) is 12.9. The lowest BCUT2D eigenvalue weighted by Gasteiger charge is -2.46. The van der Waals surface area contributed by atoms with Crippen LogP contribution in [0.2, 0.25) is 0 Å². The Hall–Kier alpha value is -0.980. The molecule has 2 atom stereocenters. The molecule has 0 amide bonds. The summed E-state index contributed by atoms with van der Waals surface area (Å²) in [5.41, 5.74) is 6.53. The van der Waals surface area contributed by atoms with E-state index >= 15 is 0 Å². The van der Waals surface area contributed by atoms with E-state index in [1.165, 1.54) is 0 Å². The van der Waals surface area contributed by atoms with Crippen molar-refractivity contribution >= 4 is 0 Å². The van der Waals surface area contributed by atoms with Crippen molar-refractivity contribution in [3.63, 3.8) is 0 Å². The Kier molecular flexibility index (Phi) is 5.12. The molecule has 1 fully saturated rings.